The number of ether oxygens (including phenoxy) is 2. The molecule has 1 saturated heterocycles. The molecule has 4 heteroatoms. The molecule has 4 nitrogen and oxygen atoms in total. The summed E-state index contributed by atoms with van der Waals surface area (Å²) in [5, 5.41) is 0. The second-order valence-electron chi connectivity index (χ2n) is 4.16. The summed E-state index contributed by atoms with van der Waals surface area (Å²) in [5.41, 5.74) is 4.96. The molecule has 0 amide bonds. The van der Waals surface area contributed by atoms with Crippen LogP contribution in [0.3, 0.4) is 0 Å². The molecule has 1 aliphatic heterocycles. The summed E-state index contributed by atoms with van der Waals surface area (Å²) in [6, 6.07) is 0. The SMILES string of the molecule is CCCCCCOC(=O)C1(N)CCOC1. The van der Waals surface area contributed by atoms with Crippen LogP contribution in [0.15, 0.2) is 0 Å². The van der Waals surface area contributed by atoms with E-state index in [0.717, 1.165) is 12.8 Å². The van der Waals surface area contributed by atoms with Crippen LogP contribution < -0.4 is 5.73 Å². The molecule has 0 aromatic carbocycles. The lowest BCUT2D eigenvalue weighted by atomic mass is 10.0. The second kappa shape index (κ2) is 6.08. The first-order valence-electron chi connectivity index (χ1n) is 5.73. The van der Waals surface area contributed by atoms with E-state index in [1.807, 2.05) is 0 Å². The van der Waals surface area contributed by atoms with Crippen molar-refractivity contribution in [3.05, 3.63) is 0 Å². The normalized spacial score (nSPS) is 25.5. The fraction of sp³-hybridized carbons (Fsp3) is 0.909. The van der Waals surface area contributed by atoms with Gasteiger partial charge in [-0.25, -0.2) is 4.79 Å². The Kier molecular flexibility index (Phi) is 5.05. The predicted molar refractivity (Wildman–Crippen MR) is 57.5 cm³/mol. The molecule has 0 aromatic rings. The summed E-state index contributed by atoms with van der Waals surface area (Å²) in [4.78, 5) is 11.6. The molecule has 0 aliphatic carbocycles. The van der Waals surface area contributed by atoms with Gasteiger partial charge in [0.2, 0.25) is 0 Å². The zero-order valence-electron chi connectivity index (χ0n) is 9.46. The average Bonchev–Trinajstić information content (AvgIpc) is 2.66. The first-order valence-corrected chi connectivity index (χ1v) is 5.73. The van der Waals surface area contributed by atoms with Crippen LogP contribution in [-0.2, 0) is 14.3 Å². The number of esters is 1. The smallest absolute Gasteiger partial charge is 0.328 e. The van der Waals surface area contributed by atoms with Crippen molar-refractivity contribution in [3.8, 4) is 0 Å². The molecular formula is C11H21NO3. The monoisotopic (exact) mass is 215 g/mol. The van der Waals surface area contributed by atoms with Crippen LogP contribution in [0.1, 0.15) is 39.0 Å². The number of carbonyl (C=O) groups is 1. The molecule has 0 radical (unpaired) electrons. The van der Waals surface area contributed by atoms with Gasteiger partial charge in [-0.1, -0.05) is 26.2 Å². The number of carbonyl (C=O) groups excluding carboxylic acids is 1. The van der Waals surface area contributed by atoms with E-state index in [1.165, 1.54) is 12.8 Å². The van der Waals surface area contributed by atoms with Gasteiger partial charge in [-0.05, 0) is 6.42 Å². The predicted octanol–water partition coefficient (Wildman–Crippen LogP) is 1.23. The Morgan fingerprint density at radius 2 is 2.27 bits per heavy atom. The summed E-state index contributed by atoms with van der Waals surface area (Å²) in [5.74, 6) is -0.309. The fourth-order valence-electron chi connectivity index (χ4n) is 1.58. The van der Waals surface area contributed by atoms with Crippen molar-refractivity contribution >= 4 is 5.97 Å². The zero-order valence-corrected chi connectivity index (χ0v) is 9.46. The van der Waals surface area contributed by atoms with Gasteiger partial charge in [0.1, 0.15) is 5.54 Å². The molecule has 1 aliphatic rings. The summed E-state index contributed by atoms with van der Waals surface area (Å²) in [6.45, 7) is 3.48. The van der Waals surface area contributed by atoms with Crippen molar-refractivity contribution in [2.45, 2.75) is 44.6 Å². The van der Waals surface area contributed by atoms with Gasteiger partial charge in [0.05, 0.1) is 13.2 Å². The van der Waals surface area contributed by atoms with Gasteiger partial charge in [-0.3, -0.25) is 0 Å². The van der Waals surface area contributed by atoms with E-state index in [0.29, 0.717) is 26.2 Å². The molecule has 2 N–H and O–H groups in total. The van der Waals surface area contributed by atoms with Crippen LogP contribution in [0.4, 0.5) is 0 Å². The highest BCUT2D eigenvalue weighted by Crippen LogP contribution is 2.17. The Bertz CT molecular complexity index is 200. The minimum Gasteiger partial charge on any atom is -0.464 e. The molecule has 0 saturated carbocycles. The maximum absolute atomic E-state index is 11.6. The molecule has 0 spiro atoms. The van der Waals surface area contributed by atoms with Crippen LogP contribution in [0.25, 0.3) is 0 Å². The lowest BCUT2D eigenvalue weighted by Gasteiger charge is -2.19. The molecule has 88 valence electrons. The lowest BCUT2D eigenvalue weighted by Crippen LogP contribution is -2.49. The lowest BCUT2D eigenvalue weighted by molar-refractivity contribution is -0.150. The second-order valence-corrected chi connectivity index (χ2v) is 4.16. The van der Waals surface area contributed by atoms with E-state index >= 15 is 0 Å². The first-order chi connectivity index (χ1) is 7.19. The highest BCUT2D eigenvalue weighted by Gasteiger charge is 2.39. The van der Waals surface area contributed by atoms with Gasteiger partial charge in [-0.2, -0.15) is 0 Å². The molecule has 15 heavy (non-hydrogen) atoms. The van der Waals surface area contributed by atoms with E-state index in [4.69, 9.17) is 15.2 Å². The first kappa shape index (κ1) is 12.5. The van der Waals surface area contributed by atoms with Gasteiger partial charge in [-0.15, -0.1) is 0 Å². The Balaban J connectivity index is 2.12. The van der Waals surface area contributed by atoms with Crippen molar-refractivity contribution in [3.63, 3.8) is 0 Å². The molecule has 1 heterocycles. The maximum Gasteiger partial charge on any atom is 0.328 e. The van der Waals surface area contributed by atoms with Crippen LogP contribution in [0.2, 0.25) is 0 Å². The third-order valence-corrected chi connectivity index (χ3v) is 2.69. The minimum atomic E-state index is -0.884. The average molecular weight is 215 g/mol. The molecule has 0 aromatic heterocycles. The number of rotatable bonds is 6. The Morgan fingerprint density at radius 3 is 2.87 bits per heavy atom. The van der Waals surface area contributed by atoms with Gasteiger partial charge < -0.3 is 15.2 Å². The molecule has 1 unspecified atom stereocenters. The van der Waals surface area contributed by atoms with Crippen molar-refractivity contribution in [2.75, 3.05) is 19.8 Å². The largest absolute Gasteiger partial charge is 0.464 e. The number of hydrogen-bond donors (Lipinski definition) is 1. The van der Waals surface area contributed by atoms with E-state index in [9.17, 15) is 4.79 Å². The van der Waals surface area contributed by atoms with Gasteiger partial charge >= 0.3 is 5.97 Å². The highest BCUT2D eigenvalue weighted by atomic mass is 16.5. The van der Waals surface area contributed by atoms with Gasteiger partial charge in [0.15, 0.2) is 0 Å². The van der Waals surface area contributed by atoms with Crippen LogP contribution in [-0.4, -0.2) is 31.3 Å². The third kappa shape index (κ3) is 3.80. The highest BCUT2D eigenvalue weighted by molar-refractivity contribution is 5.81. The van der Waals surface area contributed by atoms with Crippen LogP contribution in [0.5, 0.6) is 0 Å². The topological polar surface area (TPSA) is 61.5 Å². The number of nitrogens with two attached hydrogens (primary N) is 1. The molecular weight excluding hydrogens is 194 g/mol. The number of unbranched alkanes of at least 4 members (excludes halogenated alkanes) is 3. The summed E-state index contributed by atoms with van der Waals surface area (Å²) in [6.07, 6.45) is 4.98. The van der Waals surface area contributed by atoms with E-state index in [2.05, 4.69) is 6.92 Å². The van der Waals surface area contributed by atoms with E-state index in [-0.39, 0.29) is 5.97 Å². The maximum atomic E-state index is 11.6. The summed E-state index contributed by atoms with van der Waals surface area (Å²) in [7, 11) is 0. The fourth-order valence-corrected chi connectivity index (χ4v) is 1.58. The molecule has 1 fully saturated rings. The van der Waals surface area contributed by atoms with Gasteiger partial charge in [0.25, 0.3) is 0 Å². The van der Waals surface area contributed by atoms with Crippen molar-refractivity contribution in [1.82, 2.24) is 0 Å². The van der Waals surface area contributed by atoms with E-state index < -0.39 is 5.54 Å². The van der Waals surface area contributed by atoms with E-state index in [1.54, 1.807) is 0 Å². The van der Waals surface area contributed by atoms with Gasteiger partial charge in [0, 0.05) is 13.0 Å². The Hall–Kier alpha value is -0.610. The summed E-state index contributed by atoms with van der Waals surface area (Å²) < 4.78 is 10.2. The minimum absolute atomic E-state index is 0.292. The Morgan fingerprint density at radius 1 is 1.47 bits per heavy atom. The summed E-state index contributed by atoms with van der Waals surface area (Å²) >= 11 is 0. The number of hydrogen-bond acceptors (Lipinski definition) is 4. The Labute approximate surface area is 91.1 Å². The van der Waals surface area contributed by atoms with Crippen molar-refractivity contribution in [1.29, 1.82) is 0 Å². The molecule has 1 rings (SSSR count). The standard InChI is InChI=1S/C11H21NO3/c1-2-3-4-5-7-15-10(13)11(12)6-8-14-9-11/h2-9,12H2,1H3. The van der Waals surface area contributed by atoms with Crippen LogP contribution in [0, 0.1) is 0 Å². The third-order valence-electron chi connectivity index (χ3n) is 2.69. The quantitative estimate of drug-likeness (QED) is 0.534. The van der Waals surface area contributed by atoms with Crippen molar-refractivity contribution < 1.29 is 14.3 Å². The molecule has 1 atom stereocenters. The van der Waals surface area contributed by atoms with Crippen molar-refractivity contribution in [2.24, 2.45) is 5.73 Å². The molecule has 0 bridgehead atoms. The zero-order chi connectivity index (χ0) is 11.1. The van der Waals surface area contributed by atoms with Crippen LogP contribution >= 0.6 is 0 Å².